The summed E-state index contributed by atoms with van der Waals surface area (Å²) in [6.07, 6.45) is 0. The van der Waals surface area contributed by atoms with Crippen LogP contribution in [0.2, 0.25) is 0 Å². The summed E-state index contributed by atoms with van der Waals surface area (Å²) in [5.74, 6) is -0.311. The highest BCUT2D eigenvalue weighted by molar-refractivity contribution is 6.04. The van der Waals surface area contributed by atoms with Crippen molar-refractivity contribution in [2.45, 2.75) is 13.8 Å². The van der Waals surface area contributed by atoms with E-state index < -0.39 is 11.7 Å². The minimum atomic E-state index is -0.441. The molecule has 0 aliphatic rings. The number of carbonyl (C=O) groups excluding carboxylic acids is 1. The summed E-state index contributed by atoms with van der Waals surface area (Å²) in [4.78, 5) is 12.5. The standard InChI is InChI=1S/C18H17FN4O2/c1-3-25-16-11-7-5-9-14(16)20-18(24)17-12(2)23(22-21-17)15-10-6-4-8-13(15)19/h4-11H,3H2,1-2H3,(H,20,24). The fourth-order valence-corrected chi connectivity index (χ4v) is 2.42. The first-order valence-corrected chi connectivity index (χ1v) is 7.82. The van der Waals surface area contributed by atoms with Gasteiger partial charge in [0.05, 0.1) is 18.0 Å². The molecule has 0 atom stereocenters. The number of amides is 1. The second-order valence-electron chi connectivity index (χ2n) is 5.27. The van der Waals surface area contributed by atoms with Gasteiger partial charge in [-0.05, 0) is 38.1 Å². The van der Waals surface area contributed by atoms with Gasteiger partial charge in [-0.25, -0.2) is 9.07 Å². The lowest BCUT2D eigenvalue weighted by Crippen LogP contribution is -2.15. The van der Waals surface area contributed by atoms with Crippen molar-refractivity contribution in [3.8, 4) is 11.4 Å². The third kappa shape index (κ3) is 3.35. The van der Waals surface area contributed by atoms with E-state index in [2.05, 4.69) is 15.6 Å². The maximum Gasteiger partial charge on any atom is 0.278 e. The second kappa shape index (κ2) is 7.12. The number of rotatable bonds is 5. The number of aromatic nitrogens is 3. The maximum atomic E-state index is 13.9. The van der Waals surface area contributed by atoms with E-state index in [1.807, 2.05) is 13.0 Å². The number of para-hydroxylation sites is 3. The molecule has 1 N–H and O–H groups in total. The van der Waals surface area contributed by atoms with Gasteiger partial charge in [-0.1, -0.05) is 29.5 Å². The van der Waals surface area contributed by atoms with Crippen LogP contribution in [-0.2, 0) is 0 Å². The van der Waals surface area contributed by atoms with E-state index in [0.717, 1.165) is 0 Å². The molecule has 6 nitrogen and oxygen atoms in total. The zero-order chi connectivity index (χ0) is 17.8. The van der Waals surface area contributed by atoms with Crippen LogP contribution in [0.5, 0.6) is 5.75 Å². The van der Waals surface area contributed by atoms with E-state index in [0.29, 0.717) is 23.7 Å². The Labute approximate surface area is 144 Å². The molecular formula is C18H17FN4O2. The summed E-state index contributed by atoms with van der Waals surface area (Å²) in [5, 5.41) is 10.6. The van der Waals surface area contributed by atoms with Crippen molar-refractivity contribution < 1.29 is 13.9 Å². The first kappa shape index (κ1) is 16.6. The Morgan fingerprint density at radius 1 is 1.20 bits per heavy atom. The van der Waals surface area contributed by atoms with Crippen molar-refractivity contribution in [1.82, 2.24) is 15.0 Å². The average molecular weight is 340 g/mol. The molecule has 3 rings (SSSR count). The quantitative estimate of drug-likeness (QED) is 0.773. The first-order valence-electron chi connectivity index (χ1n) is 7.82. The monoisotopic (exact) mass is 340 g/mol. The lowest BCUT2D eigenvalue weighted by Gasteiger charge is -2.10. The van der Waals surface area contributed by atoms with E-state index in [9.17, 15) is 9.18 Å². The van der Waals surface area contributed by atoms with Crippen molar-refractivity contribution in [3.63, 3.8) is 0 Å². The predicted octanol–water partition coefficient (Wildman–Crippen LogP) is 3.37. The minimum absolute atomic E-state index is 0.120. The number of anilines is 1. The van der Waals surface area contributed by atoms with Gasteiger partial charge in [0.15, 0.2) is 5.69 Å². The van der Waals surface area contributed by atoms with Crippen molar-refractivity contribution in [2.24, 2.45) is 0 Å². The summed E-state index contributed by atoms with van der Waals surface area (Å²) in [6.45, 7) is 4.01. The van der Waals surface area contributed by atoms with Crippen LogP contribution in [-0.4, -0.2) is 27.5 Å². The molecule has 0 unspecified atom stereocenters. The third-order valence-corrected chi connectivity index (χ3v) is 3.63. The van der Waals surface area contributed by atoms with Gasteiger partial charge in [-0.15, -0.1) is 5.10 Å². The molecular weight excluding hydrogens is 323 g/mol. The Morgan fingerprint density at radius 3 is 2.68 bits per heavy atom. The van der Waals surface area contributed by atoms with Crippen LogP contribution in [0, 0.1) is 12.7 Å². The van der Waals surface area contributed by atoms with Crippen molar-refractivity contribution in [2.75, 3.05) is 11.9 Å². The number of ether oxygens (including phenoxy) is 1. The number of carbonyl (C=O) groups is 1. The normalized spacial score (nSPS) is 10.5. The Bertz CT molecular complexity index is 908. The van der Waals surface area contributed by atoms with E-state index >= 15 is 0 Å². The minimum Gasteiger partial charge on any atom is -0.492 e. The molecule has 128 valence electrons. The zero-order valence-electron chi connectivity index (χ0n) is 13.9. The van der Waals surface area contributed by atoms with Crippen LogP contribution in [0.15, 0.2) is 48.5 Å². The van der Waals surface area contributed by atoms with Gasteiger partial charge in [0, 0.05) is 0 Å². The van der Waals surface area contributed by atoms with E-state index in [1.165, 1.54) is 10.7 Å². The molecule has 0 aliphatic carbocycles. The van der Waals surface area contributed by atoms with Crippen LogP contribution in [0.4, 0.5) is 10.1 Å². The second-order valence-corrected chi connectivity index (χ2v) is 5.27. The summed E-state index contributed by atoms with van der Waals surface area (Å²) in [5.41, 5.74) is 1.33. The number of nitrogens with one attached hydrogen (secondary N) is 1. The van der Waals surface area contributed by atoms with Gasteiger partial charge in [0.25, 0.3) is 5.91 Å². The van der Waals surface area contributed by atoms with Gasteiger partial charge < -0.3 is 10.1 Å². The lowest BCUT2D eigenvalue weighted by atomic mass is 10.2. The zero-order valence-corrected chi connectivity index (χ0v) is 13.9. The average Bonchev–Trinajstić information content (AvgIpc) is 2.99. The number of hydrogen-bond acceptors (Lipinski definition) is 4. The SMILES string of the molecule is CCOc1ccccc1NC(=O)c1nnn(-c2ccccc2F)c1C. The number of nitrogens with zero attached hydrogens (tertiary/aromatic N) is 3. The molecule has 2 aromatic carbocycles. The smallest absolute Gasteiger partial charge is 0.278 e. The molecule has 7 heteroatoms. The molecule has 0 bridgehead atoms. The molecule has 0 saturated heterocycles. The van der Waals surface area contributed by atoms with Crippen LogP contribution >= 0.6 is 0 Å². The summed E-state index contributed by atoms with van der Waals surface area (Å²) in [7, 11) is 0. The van der Waals surface area contributed by atoms with E-state index in [1.54, 1.807) is 43.3 Å². The molecule has 3 aromatic rings. The predicted molar refractivity (Wildman–Crippen MR) is 91.6 cm³/mol. The highest BCUT2D eigenvalue weighted by Crippen LogP contribution is 2.24. The Kier molecular flexibility index (Phi) is 4.74. The van der Waals surface area contributed by atoms with Crippen LogP contribution in [0.1, 0.15) is 23.1 Å². The summed E-state index contributed by atoms with van der Waals surface area (Å²) in [6, 6.07) is 13.3. The highest BCUT2D eigenvalue weighted by atomic mass is 19.1. The Morgan fingerprint density at radius 2 is 1.92 bits per heavy atom. The molecule has 0 aliphatic heterocycles. The van der Waals surface area contributed by atoms with Crippen LogP contribution < -0.4 is 10.1 Å². The molecule has 25 heavy (non-hydrogen) atoms. The van der Waals surface area contributed by atoms with Crippen LogP contribution in [0.25, 0.3) is 5.69 Å². The molecule has 0 saturated carbocycles. The van der Waals surface area contributed by atoms with E-state index in [-0.39, 0.29) is 11.4 Å². The van der Waals surface area contributed by atoms with Crippen molar-refractivity contribution in [1.29, 1.82) is 0 Å². The van der Waals surface area contributed by atoms with Gasteiger partial charge >= 0.3 is 0 Å². The number of halogens is 1. The third-order valence-electron chi connectivity index (χ3n) is 3.63. The maximum absolute atomic E-state index is 13.9. The molecule has 1 aromatic heterocycles. The molecule has 0 radical (unpaired) electrons. The number of benzene rings is 2. The van der Waals surface area contributed by atoms with Gasteiger partial charge in [0.2, 0.25) is 0 Å². The molecule has 0 spiro atoms. The van der Waals surface area contributed by atoms with Crippen LogP contribution in [0.3, 0.4) is 0 Å². The first-order chi connectivity index (χ1) is 12.1. The summed E-state index contributed by atoms with van der Waals surface area (Å²) < 4.78 is 20.7. The Balaban J connectivity index is 1.89. The van der Waals surface area contributed by atoms with Crippen molar-refractivity contribution >= 4 is 11.6 Å². The molecule has 0 fully saturated rings. The Hall–Kier alpha value is -3.22. The van der Waals surface area contributed by atoms with Gasteiger partial charge in [-0.2, -0.15) is 0 Å². The topological polar surface area (TPSA) is 69.0 Å². The molecule has 1 amide bonds. The van der Waals surface area contributed by atoms with Gasteiger partial charge in [0.1, 0.15) is 17.3 Å². The summed E-state index contributed by atoms with van der Waals surface area (Å²) >= 11 is 0. The van der Waals surface area contributed by atoms with E-state index in [4.69, 9.17) is 4.74 Å². The van der Waals surface area contributed by atoms with Gasteiger partial charge in [-0.3, -0.25) is 4.79 Å². The van der Waals surface area contributed by atoms with Crippen molar-refractivity contribution in [3.05, 3.63) is 65.7 Å². The fourth-order valence-electron chi connectivity index (χ4n) is 2.42. The molecule has 1 heterocycles. The largest absolute Gasteiger partial charge is 0.492 e. The highest BCUT2D eigenvalue weighted by Gasteiger charge is 2.19. The lowest BCUT2D eigenvalue weighted by molar-refractivity contribution is 0.102. The number of hydrogen-bond donors (Lipinski definition) is 1. The fraction of sp³-hybridized carbons (Fsp3) is 0.167.